The lowest BCUT2D eigenvalue weighted by Crippen LogP contribution is -2.55. The maximum atomic E-state index is 12.8. The highest BCUT2D eigenvalue weighted by molar-refractivity contribution is 6.49. The third kappa shape index (κ3) is 3.01. The Hall–Kier alpha value is -2.38. The van der Waals surface area contributed by atoms with Crippen molar-refractivity contribution in [2.75, 3.05) is 26.2 Å². The average Bonchev–Trinajstić information content (AvgIpc) is 2.61. The summed E-state index contributed by atoms with van der Waals surface area (Å²) in [6.45, 7) is 2.28. The standard InChI is InChI=1S/C17H17ClN2O5/c1-2-25-17(24)19-7-8-20(12(21)9-19)14-13(18)15(22)10-5-3-4-6-11(10)16(14)23/h3-6,12,21H,2,7-9H2,1H3. The van der Waals surface area contributed by atoms with E-state index in [1.165, 1.54) is 9.80 Å². The zero-order valence-electron chi connectivity index (χ0n) is 13.6. The predicted molar refractivity (Wildman–Crippen MR) is 89.3 cm³/mol. The summed E-state index contributed by atoms with van der Waals surface area (Å²) in [5, 5.41) is 10.2. The molecule has 1 aromatic rings. The van der Waals surface area contributed by atoms with Crippen LogP contribution in [0, 0.1) is 0 Å². The van der Waals surface area contributed by atoms with Gasteiger partial charge in [0.25, 0.3) is 0 Å². The summed E-state index contributed by atoms with van der Waals surface area (Å²) >= 11 is 6.15. The van der Waals surface area contributed by atoms with Crippen LogP contribution < -0.4 is 0 Å². The van der Waals surface area contributed by atoms with Crippen LogP contribution in [0.25, 0.3) is 0 Å². The molecular weight excluding hydrogens is 348 g/mol. The van der Waals surface area contributed by atoms with Gasteiger partial charge in [0.1, 0.15) is 17.0 Å². The van der Waals surface area contributed by atoms with Crippen LogP contribution in [0.5, 0.6) is 0 Å². The van der Waals surface area contributed by atoms with Gasteiger partial charge in [0, 0.05) is 24.2 Å². The summed E-state index contributed by atoms with van der Waals surface area (Å²) < 4.78 is 4.91. The zero-order valence-corrected chi connectivity index (χ0v) is 14.3. The number of hydrogen-bond donors (Lipinski definition) is 1. The topological polar surface area (TPSA) is 87.2 Å². The van der Waals surface area contributed by atoms with Crippen LogP contribution in [0.15, 0.2) is 35.0 Å². The number of aliphatic hydroxyl groups is 1. The number of nitrogens with zero attached hydrogens (tertiary/aromatic N) is 2. The van der Waals surface area contributed by atoms with Crippen molar-refractivity contribution in [3.8, 4) is 0 Å². The highest BCUT2D eigenvalue weighted by Crippen LogP contribution is 2.32. The number of ketones is 2. The molecule has 1 aromatic carbocycles. The lowest BCUT2D eigenvalue weighted by molar-refractivity contribution is -0.0334. The molecule has 3 rings (SSSR count). The summed E-state index contributed by atoms with van der Waals surface area (Å²) in [5.41, 5.74) is 0.481. The van der Waals surface area contributed by atoms with Gasteiger partial charge >= 0.3 is 6.09 Å². The van der Waals surface area contributed by atoms with E-state index in [0.717, 1.165) is 0 Å². The first-order valence-electron chi connectivity index (χ1n) is 7.90. The second-order valence-corrected chi connectivity index (χ2v) is 6.06. The van der Waals surface area contributed by atoms with Gasteiger partial charge < -0.3 is 19.6 Å². The van der Waals surface area contributed by atoms with Crippen molar-refractivity contribution >= 4 is 29.3 Å². The number of piperazine rings is 1. The van der Waals surface area contributed by atoms with E-state index < -0.39 is 23.9 Å². The highest BCUT2D eigenvalue weighted by Gasteiger charge is 2.39. The first kappa shape index (κ1) is 17.4. The molecule has 2 aliphatic rings. The molecule has 0 radical (unpaired) electrons. The number of β-amino-alcohol motifs (C(OH)–C–C–N with tert-alkyl or cyclic N) is 1. The summed E-state index contributed by atoms with van der Waals surface area (Å²) in [4.78, 5) is 39.7. The zero-order chi connectivity index (χ0) is 18.1. The molecule has 1 N–H and O–H groups in total. The second-order valence-electron chi connectivity index (χ2n) is 5.69. The molecule has 7 nitrogen and oxygen atoms in total. The summed E-state index contributed by atoms with van der Waals surface area (Å²) in [5.74, 6) is -0.865. The molecule has 0 spiro atoms. The maximum Gasteiger partial charge on any atom is 0.409 e. The Kier molecular flexibility index (Phi) is 4.78. The van der Waals surface area contributed by atoms with Gasteiger partial charge in [-0.2, -0.15) is 0 Å². The van der Waals surface area contributed by atoms with Gasteiger partial charge in [0.2, 0.25) is 11.6 Å². The van der Waals surface area contributed by atoms with Crippen LogP contribution in [0.4, 0.5) is 4.79 Å². The number of ether oxygens (including phenoxy) is 1. The monoisotopic (exact) mass is 364 g/mol. The van der Waals surface area contributed by atoms with Crippen molar-refractivity contribution in [3.63, 3.8) is 0 Å². The first-order chi connectivity index (χ1) is 12.0. The number of carbonyl (C=O) groups excluding carboxylic acids is 3. The predicted octanol–water partition coefficient (Wildman–Crippen LogP) is 1.61. The fourth-order valence-corrected chi connectivity index (χ4v) is 3.29. The van der Waals surface area contributed by atoms with Crippen LogP contribution in [0.1, 0.15) is 27.6 Å². The number of aliphatic hydroxyl groups excluding tert-OH is 1. The number of Topliss-reactive ketones (excluding diaryl/α,β-unsaturated/α-hetero) is 2. The number of fused-ring (bicyclic) bond motifs is 1. The Labute approximate surface area is 149 Å². The second kappa shape index (κ2) is 6.85. The van der Waals surface area contributed by atoms with E-state index in [1.54, 1.807) is 31.2 Å². The normalized spacial score (nSPS) is 20.7. The van der Waals surface area contributed by atoms with Crippen LogP contribution >= 0.6 is 11.6 Å². The van der Waals surface area contributed by atoms with Crippen molar-refractivity contribution < 1.29 is 24.2 Å². The minimum atomic E-state index is -1.16. The molecule has 0 bridgehead atoms. The van der Waals surface area contributed by atoms with E-state index in [1.807, 2.05) is 0 Å². The molecule has 1 saturated heterocycles. The minimum absolute atomic E-state index is 0.0265. The number of carbonyl (C=O) groups is 3. The van der Waals surface area contributed by atoms with Gasteiger partial charge in [-0.1, -0.05) is 35.9 Å². The van der Waals surface area contributed by atoms with E-state index in [-0.39, 0.29) is 48.1 Å². The van der Waals surface area contributed by atoms with Crippen molar-refractivity contribution in [1.82, 2.24) is 9.80 Å². The number of amides is 1. The van der Waals surface area contributed by atoms with Crippen LogP contribution in [-0.4, -0.2) is 65.0 Å². The Morgan fingerprint density at radius 1 is 1.24 bits per heavy atom. The SMILES string of the molecule is CCOC(=O)N1CCN(C2=C(Cl)C(=O)c3ccccc3C2=O)C(O)C1. The van der Waals surface area contributed by atoms with Gasteiger partial charge in [0.05, 0.1) is 13.2 Å². The molecule has 25 heavy (non-hydrogen) atoms. The molecule has 1 unspecified atom stereocenters. The molecule has 1 aliphatic carbocycles. The number of allylic oxidation sites excluding steroid dienone is 2. The van der Waals surface area contributed by atoms with Crippen molar-refractivity contribution in [2.45, 2.75) is 13.2 Å². The van der Waals surface area contributed by atoms with E-state index in [2.05, 4.69) is 0 Å². The van der Waals surface area contributed by atoms with E-state index in [9.17, 15) is 19.5 Å². The van der Waals surface area contributed by atoms with Crippen molar-refractivity contribution in [1.29, 1.82) is 0 Å². The van der Waals surface area contributed by atoms with Gasteiger partial charge in [-0.25, -0.2) is 4.79 Å². The molecule has 0 saturated carbocycles. The number of halogens is 1. The van der Waals surface area contributed by atoms with Crippen LogP contribution in [-0.2, 0) is 4.74 Å². The Morgan fingerprint density at radius 2 is 1.88 bits per heavy atom. The first-order valence-corrected chi connectivity index (χ1v) is 8.28. The maximum absolute atomic E-state index is 12.8. The van der Waals surface area contributed by atoms with Crippen LogP contribution in [0.3, 0.4) is 0 Å². The largest absolute Gasteiger partial charge is 0.450 e. The van der Waals surface area contributed by atoms with Gasteiger partial charge in [0.15, 0.2) is 0 Å². The molecule has 8 heteroatoms. The number of benzene rings is 1. The third-order valence-electron chi connectivity index (χ3n) is 4.21. The number of rotatable bonds is 2. The number of hydrogen-bond acceptors (Lipinski definition) is 6. The summed E-state index contributed by atoms with van der Waals surface area (Å²) in [6.07, 6.45) is -1.69. The highest BCUT2D eigenvalue weighted by atomic mass is 35.5. The van der Waals surface area contributed by atoms with E-state index in [4.69, 9.17) is 16.3 Å². The quantitative estimate of drug-likeness (QED) is 0.857. The molecular formula is C17H17ClN2O5. The van der Waals surface area contributed by atoms with Gasteiger partial charge in [-0.05, 0) is 6.92 Å². The fraction of sp³-hybridized carbons (Fsp3) is 0.353. The van der Waals surface area contributed by atoms with Crippen molar-refractivity contribution in [3.05, 3.63) is 46.1 Å². The van der Waals surface area contributed by atoms with Gasteiger partial charge in [-0.15, -0.1) is 0 Å². The molecule has 1 heterocycles. The Bertz CT molecular complexity index is 776. The third-order valence-corrected chi connectivity index (χ3v) is 4.56. The van der Waals surface area contributed by atoms with Gasteiger partial charge in [-0.3, -0.25) is 9.59 Å². The van der Waals surface area contributed by atoms with E-state index in [0.29, 0.717) is 0 Å². The Morgan fingerprint density at radius 3 is 2.48 bits per heavy atom. The minimum Gasteiger partial charge on any atom is -0.450 e. The molecule has 1 atom stereocenters. The lowest BCUT2D eigenvalue weighted by atomic mass is 9.91. The molecule has 132 valence electrons. The van der Waals surface area contributed by atoms with Crippen molar-refractivity contribution in [2.24, 2.45) is 0 Å². The average molecular weight is 365 g/mol. The lowest BCUT2D eigenvalue weighted by Gasteiger charge is -2.41. The fourth-order valence-electron chi connectivity index (χ4n) is 2.99. The smallest absolute Gasteiger partial charge is 0.409 e. The molecule has 1 amide bonds. The molecule has 1 aliphatic heterocycles. The van der Waals surface area contributed by atoms with Crippen LogP contribution in [0.2, 0.25) is 0 Å². The van der Waals surface area contributed by atoms with E-state index >= 15 is 0 Å². The summed E-state index contributed by atoms with van der Waals surface area (Å²) in [7, 11) is 0. The Balaban J connectivity index is 1.87. The molecule has 0 aromatic heterocycles. The molecule has 1 fully saturated rings. The summed E-state index contributed by atoms with van der Waals surface area (Å²) in [6, 6.07) is 6.42.